The molecule has 9 heteroatoms. The maximum atomic E-state index is 14.5. The van der Waals surface area contributed by atoms with E-state index in [2.05, 4.69) is 16.0 Å². The smallest absolute Gasteiger partial charge is 0.354 e. The molecule has 0 aliphatic carbocycles. The SMILES string of the molecule is CN.Cc1ccccc1-n1c(=O)nc(NCC(F)F)c2c(F)cc(Cl)cc21. The highest BCUT2D eigenvalue weighted by atomic mass is 35.5. The molecular weight excluding hydrogens is 381 g/mol. The average molecular weight is 399 g/mol. The van der Waals surface area contributed by atoms with Gasteiger partial charge in [0, 0.05) is 5.02 Å². The van der Waals surface area contributed by atoms with Gasteiger partial charge in [0.15, 0.2) is 0 Å². The molecule has 27 heavy (non-hydrogen) atoms. The Morgan fingerprint density at radius 3 is 2.56 bits per heavy atom. The Kier molecular flexibility index (Phi) is 6.81. The quantitative estimate of drug-likeness (QED) is 0.702. The standard InChI is InChI=1S/C17H13ClF3N3O.CH5N/c1-9-4-2-3-5-12(9)24-13-7-10(18)6-11(19)15(13)16(23-17(24)25)22-8-14(20)21;1-2/h2-7,14H,8H2,1H3,(H,22,23,25);2H2,1H3. The van der Waals surface area contributed by atoms with Crippen LogP contribution < -0.4 is 16.7 Å². The summed E-state index contributed by atoms with van der Waals surface area (Å²) >= 11 is 5.94. The van der Waals surface area contributed by atoms with Gasteiger partial charge in [-0.15, -0.1) is 0 Å². The number of nitrogens with one attached hydrogen (secondary N) is 1. The van der Waals surface area contributed by atoms with Crippen LogP contribution in [0.3, 0.4) is 0 Å². The molecule has 0 fully saturated rings. The molecule has 1 heterocycles. The van der Waals surface area contributed by atoms with Crippen molar-refractivity contribution in [3.63, 3.8) is 0 Å². The second-order valence-corrected chi connectivity index (χ2v) is 5.86. The van der Waals surface area contributed by atoms with E-state index >= 15 is 0 Å². The molecule has 0 atom stereocenters. The van der Waals surface area contributed by atoms with Crippen molar-refractivity contribution in [1.82, 2.24) is 9.55 Å². The highest BCUT2D eigenvalue weighted by molar-refractivity contribution is 6.31. The van der Waals surface area contributed by atoms with Crippen molar-refractivity contribution in [3.8, 4) is 5.69 Å². The van der Waals surface area contributed by atoms with Crippen molar-refractivity contribution in [1.29, 1.82) is 0 Å². The number of alkyl halides is 2. The fourth-order valence-corrected chi connectivity index (χ4v) is 2.82. The summed E-state index contributed by atoms with van der Waals surface area (Å²) < 4.78 is 40.7. The van der Waals surface area contributed by atoms with Crippen molar-refractivity contribution < 1.29 is 13.2 Å². The summed E-state index contributed by atoms with van der Waals surface area (Å²) in [5.41, 5.74) is 5.20. The number of aryl methyl sites for hydroxylation is 1. The maximum Gasteiger partial charge on any atom is 0.354 e. The monoisotopic (exact) mass is 398 g/mol. The number of nitrogens with zero attached hydrogens (tertiary/aromatic N) is 2. The zero-order valence-electron chi connectivity index (χ0n) is 14.6. The molecule has 0 radical (unpaired) electrons. The minimum absolute atomic E-state index is 0.0760. The molecule has 0 spiro atoms. The molecule has 0 saturated heterocycles. The van der Waals surface area contributed by atoms with E-state index in [1.807, 2.05) is 0 Å². The third kappa shape index (κ3) is 4.40. The van der Waals surface area contributed by atoms with Gasteiger partial charge in [-0.05, 0) is 37.7 Å². The van der Waals surface area contributed by atoms with Crippen LogP contribution in [0.15, 0.2) is 41.2 Å². The first kappa shape index (κ1) is 20.7. The van der Waals surface area contributed by atoms with Crippen molar-refractivity contribution in [2.45, 2.75) is 13.3 Å². The number of hydrogen-bond acceptors (Lipinski definition) is 4. The Labute approximate surface area is 158 Å². The Hall–Kier alpha value is -2.58. The van der Waals surface area contributed by atoms with Crippen molar-refractivity contribution in [3.05, 3.63) is 63.3 Å². The number of benzene rings is 2. The molecule has 0 saturated carbocycles. The fraction of sp³-hybridized carbons (Fsp3) is 0.222. The van der Waals surface area contributed by atoms with Crippen LogP contribution in [0.1, 0.15) is 5.56 Å². The molecule has 0 amide bonds. The molecule has 0 unspecified atom stereocenters. The maximum absolute atomic E-state index is 14.5. The Balaban J connectivity index is 0.00000126. The number of fused-ring (bicyclic) bond motifs is 1. The second-order valence-electron chi connectivity index (χ2n) is 5.42. The summed E-state index contributed by atoms with van der Waals surface area (Å²) in [6.45, 7) is 1.04. The van der Waals surface area contributed by atoms with Crippen molar-refractivity contribution in [2.24, 2.45) is 5.73 Å². The normalized spacial score (nSPS) is 10.7. The minimum Gasteiger partial charge on any atom is -0.364 e. The van der Waals surface area contributed by atoms with Crippen LogP contribution in [0.2, 0.25) is 5.02 Å². The highest BCUT2D eigenvalue weighted by Gasteiger charge is 2.18. The van der Waals surface area contributed by atoms with Gasteiger partial charge < -0.3 is 11.1 Å². The Morgan fingerprint density at radius 2 is 1.93 bits per heavy atom. The molecule has 3 rings (SSSR count). The zero-order chi connectivity index (χ0) is 20.1. The Morgan fingerprint density at radius 1 is 1.26 bits per heavy atom. The van der Waals surface area contributed by atoms with E-state index in [0.717, 1.165) is 11.6 Å². The van der Waals surface area contributed by atoms with E-state index in [-0.39, 0.29) is 21.7 Å². The molecule has 5 nitrogen and oxygen atoms in total. The van der Waals surface area contributed by atoms with Crippen LogP contribution in [0.5, 0.6) is 0 Å². The zero-order valence-corrected chi connectivity index (χ0v) is 15.4. The molecule has 3 N–H and O–H groups in total. The van der Waals surface area contributed by atoms with E-state index in [1.54, 1.807) is 31.2 Å². The van der Waals surface area contributed by atoms with Gasteiger partial charge in [-0.1, -0.05) is 29.8 Å². The molecule has 0 aliphatic rings. The first-order chi connectivity index (χ1) is 12.9. The van der Waals surface area contributed by atoms with E-state index in [4.69, 9.17) is 11.6 Å². The number of para-hydroxylation sites is 1. The van der Waals surface area contributed by atoms with Gasteiger partial charge in [0.25, 0.3) is 6.43 Å². The fourth-order valence-electron chi connectivity index (χ4n) is 2.62. The predicted molar refractivity (Wildman–Crippen MR) is 102 cm³/mol. The van der Waals surface area contributed by atoms with Crippen LogP contribution in [0.25, 0.3) is 16.6 Å². The first-order valence-corrected chi connectivity index (χ1v) is 8.34. The number of hydrogen-bond donors (Lipinski definition) is 2. The number of rotatable bonds is 4. The van der Waals surface area contributed by atoms with Crippen LogP contribution in [0.4, 0.5) is 19.0 Å². The van der Waals surface area contributed by atoms with E-state index < -0.39 is 24.5 Å². The first-order valence-electron chi connectivity index (χ1n) is 7.96. The van der Waals surface area contributed by atoms with Crippen molar-refractivity contribution in [2.75, 3.05) is 18.9 Å². The lowest BCUT2D eigenvalue weighted by Crippen LogP contribution is -2.25. The molecule has 2 aromatic carbocycles. The van der Waals surface area contributed by atoms with Crippen LogP contribution >= 0.6 is 11.6 Å². The van der Waals surface area contributed by atoms with Gasteiger partial charge in [0.2, 0.25) is 0 Å². The van der Waals surface area contributed by atoms with Gasteiger partial charge in [-0.25, -0.2) is 18.0 Å². The van der Waals surface area contributed by atoms with Gasteiger partial charge >= 0.3 is 5.69 Å². The molecular formula is C18H18ClF3N4O. The van der Waals surface area contributed by atoms with E-state index in [0.29, 0.717) is 5.69 Å². The highest BCUT2D eigenvalue weighted by Crippen LogP contribution is 2.29. The number of aromatic nitrogens is 2. The second kappa shape index (κ2) is 8.88. The van der Waals surface area contributed by atoms with E-state index in [1.165, 1.54) is 17.7 Å². The Bertz CT molecular complexity index is 1010. The summed E-state index contributed by atoms with van der Waals surface area (Å²) in [6.07, 6.45) is -2.67. The predicted octanol–water partition coefficient (Wildman–Crippen LogP) is 3.74. The molecule has 0 bridgehead atoms. The molecule has 0 aliphatic heterocycles. The summed E-state index contributed by atoms with van der Waals surface area (Å²) in [5.74, 6) is -0.992. The summed E-state index contributed by atoms with van der Waals surface area (Å²) in [7, 11) is 1.50. The van der Waals surface area contributed by atoms with E-state index in [9.17, 15) is 18.0 Å². The van der Waals surface area contributed by atoms with Crippen LogP contribution in [-0.4, -0.2) is 29.6 Å². The third-order valence-corrected chi connectivity index (χ3v) is 3.91. The van der Waals surface area contributed by atoms with Gasteiger partial charge in [0.1, 0.15) is 11.6 Å². The number of nitrogens with two attached hydrogens (primary N) is 1. The van der Waals surface area contributed by atoms with Gasteiger partial charge in [-0.2, -0.15) is 4.98 Å². The number of anilines is 1. The average Bonchev–Trinajstić information content (AvgIpc) is 2.62. The molecule has 3 aromatic rings. The van der Waals surface area contributed by atoms with Crippen molar-refractivity contribution >= 4 is 28.3 Å². The summed E-state index contributed by atoms with van der Waals surface area (Å²) in [4.78, 5) is 16.3. The van der Waals surface area contributed by atoms with Gasteiger partial charge in [0.05, 0.1) is 23.1 Å². The lowest BCUT2D eigenvalue weighted by Gasteiger charge is -2.16. The molecule has 144 valence electrons. The van der Waals surface area contributed by atoms with Crippen LogP contribution in [-0.2, 0) is 0 Å². The summed E-state index contributed by atoms with van der Waals surface area (Å²) in [5, 5.41) is 2.33. The lowest BCUT2D eigenvalue weighted by molar-refractivity contribution is 0.163. The van der Waals surface area contributed by atoms with Crippen LogP contribution in [0, 0.1) is 12.7 Å². The minimum atomic E-state index is -2.67. The topological polar surface area (TPSA) is 72.9 Å². The third-order valence-electron chi connectivity index (χ3n) is 3.69. The lowest BCUT2D eigenvalue weighted by atomic mass is 10.1. The van der Waals surface area contributed by atoms with Gasteiger partial charge in [-0.3, -0.25) is 4.57 Å². The number of halogens is 4. The molecule has 1 aromatic heterocycles. The largest absolute Gasteiger partial charge is 0.364 e. The summed E-state index contributed by atoms with van der Waals surface area (Å²) in [6, 6.07) is 9.45.